The summed E-state index contributed by atoms with van der Waals surface area (Å²) >= 11 is 1.52. The number of halogens is 1. The fraction of sp³-hybridized carbons (Fsp3) is 0.286. The number of aromatic hydroxyl groups is 1. The van der Waals surface area contributed by atoms with Crippen LogP contribution in [0.5, 0.6) is 5.75 Å². The number of aromatic nitrogens is 1. The van der Waals surface area contributed by atoms with Crippen molar-refractivity contribution in [3.05, 3.63) is 45.7 Å². The summed E-state index contributed by atoms with van der Waals surface area (Å²) in [7, 11) is 0. The van der Waals surface area contributed by atoms with Crippen molar-refractivity contribution in [1.82, 2.24) is 10.3 Å². The molecule has 0 saturated heterocycles. The summed E-state index contributed by atoms with van der Waals surface area (Å²) in [4.78, 5) is 17.4. The fourth-order valence-corrected chi connectivity index (χ4v) is 2.57. The van der Waals surface area contributed by atoms with Gasteiger partial charge in [-0.3, -0.25) is 4.79 Å². The number of hydrogen-bond donors (Lipinski definition) is 2. The van der Waals surface area contributed by atoms with E-state index in [9.17, 15) is 14.3 Å². The van der Waals surface area contributed by atoms with Crippen molar-refractivity contribution in [2.45, 2.75) is 26.3 Å². The first-order chi connectivity index (χ1) is 9.51. The molecule has 1 aromatic carbocycles. The van der Waals surface area contributed by atoms with Gasteiger partial charge in [0.15, 0.2) is 0 Å². The molecule has 1 heterocycles. The zero-order valence-corrected chi connectivity index (χ0v) is 12.0. The molecule has 0 saturated carbocycles. The molecular formula is C14H15FN2O2S. The van der Waals surface area contributed by atoms with Crippen LogP contribution in [0.2, 0.25) is 0 Å². The highest BCUT2D eigenvalue weighted by Gasteiger charge is 2.17. The summed E-state index contributed by atoms with van der Waals surface area (Å²) in [6.45, 7) is 3.83. The summed E-state index contributed by atoms with van der Waals surface area (Å²) in [5, 5.41) is 13.1. The van der Waals surface area contributed by atoms with Crippen molar-refractivity contribution < 1.29 is 14.3 Å². The highest BCUT2D eigenvalue weighted by Crippen LogP contribution is 2.22. The summed E-state index contributed by atoms with van der Waals surface area (Å²) in [5.41, 5.74) is -0.0795. The molecule has 2 aromatic rings. The van der Waals surface area contributed by atoms with E-state index in [4.69, 9.17) is 0 Å². The SMILES string of the molecule is CCc1cnc(C(C)NC(=O)c2cc(F)ccc2O)s1. The van der Waals surface area contributed by atoms with E-state index >= 15 is 0 Å². The normalized spacial score (nSPS) is 12.2. The Kier molecular flexibility index (Phi) is 4.34. The largest absolute Gasteiger partial charge is 0.507 e. The molecule has 0 bridgehead atoms. The quantitative estimate of drug-likeness (QED) is 0.911. The first kappa shape index (κ1) is 14.5. The van der Waals surface area contributed by atoms with Crippen LogP contribution in [0, 0.1) is 5.82 Å². The second-order valence-corrected chi connectivity index (χ2v) is 5.52. The van der Waals surface area contributed by atoms with Crippen LogP contribution in [0.1, 0.15) is 40.1 Å². The zero-order chi connectivity index (χ0) is 14.7. The number of nitrogens with one attached hydrogen (secondary N) is 1. The predicted octanol–water partition coefficient (Wildman–Crippen LogP) is 3.04. The number of carbonyl (C=O) groups is 1. The summed E-state index contributed by atoms with van der Waals surface area (Å²) in [6, 6.07) is 2.98. The number of benzene rings is 1. The number of carbonyl (C=O) groups excluding carboxylic acids is 1. The average molecular weight is 294 g/mol. The van der Waals surface area contributed by atoms with Crippen LogP contribution in [0.15, 0.2) is 24.4 Å². The van der Waals surface area contributed by atoms with Gasteiger partial charge in [-0.25, -0.2) is 9.37 Å². The van der Waals surface area contributed by atoms with Gasteiger partial charge in [0.25, 0.3) is 5.91 Å². The lowest BCUT2D eigenvalue weighted by Gasteiger charge is -2.12. The van der Waals surface area contributed by atoms with E-state index in [1.54, 1.807) is 13.1 Å². The first-order valence-electron chi connectivity index (χ1n) is 6.25. The van der Waals surface area contributed by atoms with Crippen LogP contribution in [-0.4, -0.2) is 16.0 Å². The predicted molar refractivity (Wildman–Crippen MR) is 75.4 cm³/mol. The third kappa shape index (κ3) is 3.14. The van der Waals surface area contributed by atoms with Gasteiger partial charge >= 0.3 is 0 Å². The molecule has 0 fully saturated rings. The highest BCUT2D eigenvalue weighted by molar-refractivity contribution is 7.11. The lowest BCUT2D eigenvalue weighted by Crippen LogP contribution is -2.26. The Morgan fingerprint density at radius 3 is 2.95 bits per heavy atom. The second-order valence-electron chi connectivity index (χ2n) is 4.37. The Morgan fingerprint density at radius 2 is 2.30 bits per heavy atom. The second kappa shape index (κ2) is 6.00. The Morgan fingerprint density at radius 1 is 1.55 bits per heavy atom. The molecule has 0 radical (unpaired) electrons. The maximum Gasteiger partial charge on any atom is 0.255 e. The van der Waals surface area contributed by atoms with E-state index in [0.717, 1.165) is 34.5 Å². The van der Waals surface area contributed by atoms with Gasteiger partial charge in [0.05, 0.1) is 11.6 Å². The first-order valence-corrected chi connectivity index (χ1v) is 7.07. The molecule has 1 aromatic heterocycles. The van der Waals surface area contributed by atoms with Crippen molar-refractivity contribution in [3.63, 3.8) is 0 Å². The van der Waals surface area contributed by atoms with Gasteiger partial charge < -0.3 is 10.4 Å². The molecular weight excluding hydrogens is 279 g/mol. The van der Waals surface area contributed by atoms with E-state index in [2.05, 4.69) is 10.3 Å². The maximum absolute atomic E-state index is 13.1. The Bertz CT molecular complexity index is 627. The molecule has 0 spiro atoms. The summed E-state index contributed by atoms with van der Waals surface area (Å²) in [5.74, 6) is -1.34. The average Bonchev–Trinajstić information content (AvgIpc) is 2.90. The lowest BCUT2D eigenvalue weighted by atomic mass is 10.1. The topological polar surface area (TPSA) is 62.2 Å². The number of aryl methyl sites for hydroxylation is 1. The molecule has 20 heavy (non-hydrogen) atoms. The molecule has 0 aliphatic carbocycles. The van der Waals surface area contributed by atoms with E-state index in [1.165, 1.54) is 11.3 Å². The molecule has 1 amide bonds. The standard InChI is InChI=1S/C14H15FN2O2S/c1-3-10-7-16-14(20-10)8(2)17-13(19)11-6-9(15)4-5-12(11)18/h4-8,18H,3H2,1-2H3,(H,17,19). The molecule has 0 aliphatic rings. The van der Waals surface area contributed by atoms with Gasteiger partial charge in [0.1, 0.15) is 16.6 Å². The summed E-state index contributed by atoms with van der Waals surface area (Å²) in [6.07, 6.45) is 2.67. The van der Waals surface area contributed by atoms with Crippen LogP contribution in [0.4, 0.5) is 4.39 Å². The van der Waals surface area contributed by atoms with E-state index in [1.807, 2.05) is 6.92 Å². The van der Waals surface area contributed by atoms with Gasteiger partial charge in [0.2, 0.25) is 0 Å². The van der Waals surface area contributed by atoms with Gasteiger partial charge in [-0.2, -0.15) is 0 Å². The molecule has 2 rings (SSSR count). The van der Waals surface area contributed by atoms with Gasteiger partial charge in [0, 0.05) is 11.1 Å². The van der Waals surface area contributed by atoms with E-state index in [0.29, 0.717) is 0 Å². The molecule has 1 atom stereocenters. The monoisotopic (exact) mass is 294 g/mol. The fourth-order valence-electron chi connectivity index (χ4n) is 1.71. The number of thiazole rings is 1. The third-order valence-electron chi connectivity index (χ3n) is 2.84. The van der Waals surface area contributed by atoms with Crippen molar-refractivity contribution >= 4 is 17.2 Å². The van der Waals surface area contributed by atoms with Crippen LogP contribution in [0.25, 0.3) is 0 Å². The zero-order valence-electron chi connectivity index (χ0n) is 11.2. The Hall–Kier alpha value is -1.95. The van der Waals surface area contributed by atoms with Crippen molar-refractivity contribution in [2.24, 2.45) is 0 Å². The number of amides is 1. The van der Waals surface area contributed by atoms with Gasteiger partial charge in [-0.05, 0) is 31.5 Å². The molecule has 106 valence electrons. The number of hydrogen-bond acceptors (Lipinski definition) is 4. The Labute approximate surface area is 120 Å². The smallest absolute Gasteiger partial charge is 0.255 e. The maximum atomic E-state index is 13.1. The minimum absolute atomic E-state index is 0.0795. The molecule has 6 heteroatoms. The molecule has 0 aliphatic heterocycles. The molecule has 1 unspecified atom stereocenters. The van der Waals surface area contributed by atoms with Crippen LogP contribution in [-0.2, 0) is 6.42 Å². The number of rotatable bonds is 4. The van der Waals surface area contributed by atoms with Gasteiger partial charge in [-0.1, -0.05) is 6.92 Å². The van der Waals surface area contributed by atoms with Crippen LogP contribution < -0.4 is 5.32 Å². The van der Waals surface area contributed by atoms with Gasteiger partial charge in [-0.15, -0.1) is 11.3 Å². The number of phenols is 1. The third-order valence-corrected chi connectivity index (χ3v) is 4.17. The Balaban J connectivity index is 2.12. The lowest BCUT2D eigenvalue weighted by molar-refractivity contribution is 0.0936. The van der Waals surface area contributed by atoms with Crippen molar-refractivity contribution in [3.8, 4) is 5.75 Å². The highest BCUT2D eigenvalue weighted by atomic mass is 32.1. The van der Waals surface area contributed by atoms with Crippen molar-refractivity contribution in [2.75, 3.05) is 0 Å². The van der Waals surface area contributed by atoms with E-state index < -0.39 is 11.7 Å². The number of nitrogens with zero attached hydrogens (tertiary/aromatic N) is 1. The minimum atomic E-state index is -0.567. The summed E-state index contributed by atoms with van der Waals surface area (Å²) < 4.78 is 13.1. The van der Waals surface area contributed by atoms with E-state index in [-0.39, 0.29) is 17.4 Å². The molecule has 2 N–H and O–H groups in total. The van der Waals surface area contributed by atoms with Crippen LogP contribution >= 0.6 is 11.3 Å². The van der Waals surface area contributed by atoms with Crippen molar-refractivity contribution in [1.29, 1.82) is 0 Å². The number of phenolic OH excluding ortho intramolecular Hbond substituents is 1. The van der Waals surface area contributed by atoms with Crippen LogP contribution in [0.3, 0.4) is 0 Å². The molecule has 4 nitrogen and oxygen atoms in total. The minimum Gasteiger partial charge on any atom is -0.507 e.